The SMILES string of the molecule is CCOC(=O)C1C(=O)c2ccccc2C2(CCOCC2)C1=O. The highest BCUT2D eigenvalue weighted by Gasteiger charge is 2.54. The standard InChI is InChI=1S/C17H18O5/c1-2-22-16(20)13-14(18)11-5-3-4-6-12(11)17(15(13)19)7-9-21-10-8-17/h3-6,13H,2,7-10H2,1H3. The number of ketones is 2. The minimum atomic E-state index is -1.34. The Hall–Kier alpha value is -2.01. The third kappa shape index (κ3) is 2.08. The Morgan fingerprint density at radius 2 is 1.95 bits per heavy atom. The van der Waals surface area contributed by atoms with Gasteiger partial charge in [-0.3, -0.25) is 14.4 Å². The second-order valence-electron chi connectivity index (χ2n) is 5.65. The Labute approximate surface area is 128 Å². The lowest BCUT2D eigenvalue weighted by molar-refractivity contribution is -0.152. The first kappa shape index (κ1) is 14.9. The smallest absolute Gasteiger partial charge is 0.324 e. The van der Waals surface area contributed by atoms with Crippen LogP contribution in [-0.4, -0.2) is 37.4 Å². The molecule has 3 rings (SSSR count). The normalized spacial score (nSPS) is 23.2. The van der Waals surface area contributed by atoms with Crippen molar-refractivity contribution in [3.63, 3.8) is 0 Å². The van der Waals surface area contributed by atoms with Gasteiger partial charge in [-0.2, -0.15) is 0 Å². The summed E-state index contributed by atoms with van der Waals surface area (Å²) in [7, 11) is 0. The average molecular weight is 302 g/mol. The summed E-state index contributed by atoms with van der Waals surface area (Å²) < 4.78 is 10.3. The van der Waals surface area contributed by atoms with Crippen LogP contribution in [0.3, 0.4) is 0 Å². The molecule has 1 saturated heterocycles. The number of rotatable bonds is 2. The Morgan fingerprint density at radius 3 is 2.64 bits per heavy atom. The van der Waals surface area contributed by atoms with Crippen LogP contribution in [0.15, 0.2) is 24.3 Å². The molecule has 0 N–H and O–H groups in total. The van der Waals surface area contributed by atoms with Gasteiger partial charge in [0, 0.05) is 18.8 Å². The third-order valence-electron chi connectivity index (χ3n) is 4.57. The van der Waals surface area contributed by atoms with Crippen LogP contribution in [-0.2, 0) is 24.5 Å². The van der Waals surface area contributed by atoms with Crippen LogP contribution < -0.4 is 0 Å². The van der Waals surface area contributed by atoms with E-state index in [4.69, 9.17) is 9.47 Å². The van der Waals surface area contributed by atoms with Crippen LogP contribution in [0.2, 0.25) is 0 Å². The highest BCUT2D eigenvalue weighted by molar-refractivity contribution is 6.28. The highest BCUT2D eigenvalue weighted by Crippen LogP contribution is 2.44. The molecule has 1 aliphatic carbocycles. The van der Waals surface area contributed by atoms with Crippen LogP contribution in [0.5, 0.6) is 0 Å². The van der Waals surface area contributed by atoms with Gasteiger partial charge in [0.1, 0.15) is 0 Å². The zero-order valence-corrected chi connectivity index (χ0v) is 12.5. The van der Waals surface area contributed by atoms with Gasteiger partial charge in [0.25, 0.3) is 0 Å². The van der Waals surface area contributed by atoms with Gasteiger partial charge in [-0.1, -0.05) is 24.3 Å². The Morgan fingerprint density at radius 1 is 1.27 bits per heavy atom. The van der Waals surface area contributed by atoms with E-state index in [0.717, 1.165) is 5.56 Å². The van der Waals surface area contributed by atoms with Gasteiger partial charge in [0.05, 0.1) is 12.0 Å². The first-order valence-corrected chi connectivity index (χ1v) is 7.54. The minimum absolute atomic E-state index is 0.146. The van der Waals surface area contributed by atoms with E-state index >= 15 is 0 Å². The van der Waals surface area contributed by atoms with Crippen molar-refractivity contribution < 1.29 is 23.9 Å². The fourth-order valence-corrected chi connectivity index (χ4v) is 3.47. The fraction of sp³-hybridized carbons (Fsp3) is 0.471. The Balaban J connectivity index is 2.14. The van der Waals surface area contributed by atoms with E-state index in [1.54, 1.807) is 19.1 Å². The molecule has 1 unspecified atom stereocenters. The first-order valence-electron chi connectivity index (χ1n) is 7.54. The Bertz CT molecular complexity index is 628. The van der Waals surface area contributed by atoms with E-state index in [9.17, 15) is 14.4 Å². The van der Waals surface area contributed by atoms with E-state index < -0.39 is 23.1 Å². The molecule has 1 spiro atoms. The molecule has 0 radical (unpaired) electrons. The molecule has 0 amide bonds. The zero-order chi connectivity index (χ0) is 15.7. The molecule has 0 saturated carbocycles. The maximum Gasteiger partial charge on any atom is 0.324 e. The van der Waals surface area contributed by atoms with Crippen molar-refractivity contribution in [3.8, 4) is 0 Å². The number of ether oxygens (including phenoxy) is 2. The summed E-state index contributed by atoms with van der Waals surface area (Å²) in [6.45, 7) is 2.70. The van der Waals surface area contributed by atoms with Gasteiger partial charge in [-0.15, -0.1) is 0 Å². The molecule has 1 aromatic carbocycles. The molecule has 1 aliphatic heterocycles. The molecule has 0 bridgehead atoms. The molecule has 1 heterocycles. The summed E-state index contributed by atoms with van der Waals surface area (Å²) in [4.78, 5) is 37.8. The number of carbonyl (C=O) groups is 3. The Kier molecular flexibility index (Phi) is 3.83. The van der Waals surface area contributed by atoms with Crippen molar-refractivity contribution in [1.82, 2.24) is 0 Å². The molecular formula is C17H18O5. The number of hydrogen-bond acceptors (Lipinski definition) is 5. The maximum atomic E-state index is 13.0. The van der Waals surface area contributed by atoms with Crippen molar-refractivity contribution in [2.75, 3.05) is 19.8 Å². The lowest BCUT2D eigenvalue weighted by atomic mass is 9.61. The van der Waals surface area contributed by atoms with E-state index in [1.807, 2.05) is 12.1 Å². The molecule has 5 nitrogen and oxygen atoms in total. The molecule has 2 aliphatic rings. The molecule has 22 heavy (non-hydrogen) atoms. The summed E-state index contributed by atoms with van der Waals surface area (Å²) in [6.07, 6.45) is 0.984. The first-order chi connectivity index (χ1) is 10.6. The number of carbonyl (C=O) groups excluding carboxylic acids is 3. The molecule has 1 aromatic rings. The number of hydrogen-bond donors (Lipinski definition) is 0. The van der Waals surface area contributed by atoms with Gasteiger partial charge in [0.15, 0.2) is 17.5 Å². The van der Waals surface area contributed by atoms with E-state index in [-0.39, 0.29) is 12.4 Å². The van der Waals surface area contributed by atoms with Crippen molar-refractivity contribution in [2.45, 2.75) is 25.2 Å². The predicted octanol–water partition coefficient (Wildman–Crippen LogP) is 1.68. The topological polar surface area (TPSA) is 69.7 Å². The minimum Gasteiger partial charge on any atom is -0.465 e. The summed E-state index contributed by atoms with van der Waals surface area (Å²) in [5.41, 5.74) is 0.385. The predicted molar refractivity (Wildman–Crippen MR) is 77.6 cm³/mol. The van der Waals surface area contributed by atoms with Crippen LogP contribution in [0.25, 0.3) is 0 Å². The molecule has 1 atom stereocenters. The maximum absolute atomic E-state index is 13.0. The summed E-state index contributed by atoms with van der Waals surface area (Å²) in [6, 6.07) is 7.08. The number of benzene rings is 1. The van der Waals surface area contributed by atoms with Gasteiger partial charge >= 0.3 is 5.97 Å². The van der Waals surface area contributed by atoms with Crippen LogP contribution in [0.1, 0.15) is 35.7 Å². The van der Waals surface area contributed by atoms with Crippen molar-refractivity contribution >= 4 is 17.5 Å². The van der Waals surface area contributed by atoms with Crippen molar-refractivity contribution in [3.05, 3.63) is 35.4 Å². The molecule has 0 aromatic heterocycles. The van der Waals surface area contributed by atoms with Crippen LogP contribution >= 0.6 is 0 Å². The summed E-state index contributed by atoms with van der Waals surface area (Å²) in [5.74, 6) is -2.86. The third-order valence-corrected chi connectivity index (χ3v) is 4.57. The second-order valence-corrected chi connectivity index (χ2v) is 5.65. The lowest BCUT2D eigenvalue weighted by Crippen LogP contribution is -2.53. The summed E-state index contributed by atoms with van der Waals surface area (Å²) >= 11 is 0. The van der Waals surface area contributed by atoms with Crippen LogP contribution in [0, 0.1) is 5.92 Å². The number of fused-ring (bicyclic) bond motifs is 2. The number of Topliss-reactive ketones (excluding diaryl/α,β-unsaturated/α-hetero) is 2. The fourth-order valence-electron chi connectivity index (χ4n) is 3.47. The van der Waals surface area contributed by atoms with Gasteiger partial charge in [-0.25, -0.2) is 0 Å². The van der Waals surface area contributed by atoms with Crippen LogP contribution in [0.4, 0.5) is 0 Å². The molecule has 116 valence electrons. The van der Waals surface area contributed by atoms with Gasteiger partial charge < -0.3 is 9.47 Å². The number of esters is 1. The molecule has 1 fully saturated rings. The van der Waals surface area contributed by atoms with E-state index in [0.29, 0.717) is 31.6 Å². The van der Waals surface area contributed by atoms with Crippen molar-refractivity contribution in [1.29, 1.82) is 0 Å². The zero-order valence-electron chi connectivity index (χ0n) is 12.5. The summed E-state index contributed by atoms with van der Waals surface area (Å²) in [5, 5.41) is 0. The molecule has 5 heteroatoms. The van der Waals surface area contributed by atoms with E-state index in [1.165, 1.54) is 0 Å². The van der Waals surface area contributed by atoms with Gasteiger partial charge in [-0.05, 0) is 25.3 Å². The highest BCUT2D eigenvalue weighted by atomic mass is 16.5. The monoisotopic (exact) mass is 302 g/mol. The largest absolute Gasteiger partial charge is 0.465 e. The second kappa shape index (κ2) is 5.65. The molecular weight excluding hydrogens is 284 g/mol. The van der Waals surface area contributed by atoms with Crippen molar-refractivity contribution in [2.24, 2.45) is 5.92 Å². The lowest BCUT2D eigenvalue weighted by Gasteiger charge is -2.41. The quantitative estimate of drug-likeness (QED) is 0.614. The van der Waals surface area contributed by atoms with Gasteiger partial charge in [0.2, 0.25) is 0 Å². The van der Waals surface area contributed by atoms with E-state index in [2.05, 4.69) is 0 Å². The average Bonchev–Trinajstić information content (AvgIpc) is 2.55.